The first kappa shape index (κ1) is 32.8. The lowest BCUT2D eigenvalue weighted by atomic mass is 9.33. The molecule has 0 bridgehead atoms. The highest BCUT2D eigenvalue weighted by atomic mass is 16.5. The average Bonchev–Trinajstić information content (AvgIpc) is 2.92. The number of allylic oxidation sites excluding steroid dienone is 3. The molecule has 4 fully saturated rings. The van der Waals surface area contributed by atoms with Crippen molar-refractivity contribution in [2.45, 2.75) is 113 Å². The van der Waals surface area contributed by atoms with Gasteiger partial charge in [-0.25, -0.2) is 0 Å². The molecular weight excluding hydrogens is 532 g/mol. The van der Waals surface area contributed by atoms with Gasteiger partial charge in [0.2, 0.25) is 5.91 Å². The van der Waals surface area contributed by atoms with Crippen LogP contribution >= 0.6 is 0 Å². The minimum atomic E-state index is -0.556. The van der Waals surface area contributed by atoms with Crippen LogP contribution in [-0.4, -0.2) is 50.9 Å². The van der Waals surface area contributed by atoms with Crippen molar-refractivity contribution in [3.8, 4) is 0 Å². The Labute approximate surface area is 263 Å². The van der Waals surface area contributed by atoms with E-state index in [1.165, 1.54) is 12.8 Å². The molecule has 43 heavy (non-hydrogen) atoms. The summed E-state index contributed by atoms with van der Waals surface area (Å²) in [6.07, 6.45) is 13.4. The molecule has 1 amide bonds. The zero-order valence-electron chi connectivity index (χ0n) is 29.3. The van der Waals surface area contributed by atoms with Crippen molar-refractivity contribution in [2.75, 3.05) is 34.3 Å². The number of ketones is 1. The molecule has 0 radical (unpaired) electrons. The van der Waals surface area contributed by atoms with Crippen molar-refractivity contribution < 1.29 is 14.3 Å². The van der Waals surface area contributed by atoms with Crippen LogP contribution in [0.1, 0.15) is 113 Å². The highest BCUT2D eigenvalue weighted by molar-refractivity contribution is 6.04. The predicted octanol–water partition coefficient (Wildman–Crippen LogP) is 7.81. The van der Waals surface area contributed by atoms with Crippen LogP contribution in [0.25, 0.3) is 0 Å². The second-order valence-corrected chi connectivity index (χ2v) is 17.8. The molecule has 0 aromatic rings. The number of carbonyl (C=O) groups is 2. The average molecular weight is 595 g/mol. The lowest BCUT2D eigenvalue weighted by Gasteiger charge is -2.71. The van der Waals surface area contributed by atoms with Gasteiger partial charge in [0, 0.05) is 17.4 Å². The number of amides is 1. The number of methoxy groups -OCH3 is 1. The van der Waals surface area contributed by atoms with Crippen LogP contribution in [0.2, 0.25) is 0 Å². The third-order valence-corrected chi connectivity index (χ3v) is 14.6. The molecule has 5 nitrogen and oxygen atoms in total. The van der Waals surface area contributed by atoms with Crippen LogP contribution in [0.3, 0.4) is 0 Å². The summed E-state index contributed by atoms with van der Waals surface area (Å²) in [6, 6.07) is 0. The number of nitrogens with zero attached hydrogens (tertiary/aromatic N) is 1. The SMILES string of the molecule is C=C(OC)[C@]12CCC(C)(C)CC1C1=CCC3[C@@]4(C)CC(C(=O)NCCCN(C)C)C(=O)C(C)(C)C4CC[C@@]3(C)[C@]1(C)CC2. The van der Waals surface area contributed by atoms with Crippen LogP contribution in [0, 0.1) is 56.2 Å². The van der Waals surface area contributed by atoms with Gasteiger partial charge in [-0.3, -0.25) is 9.59 Å². The molecule has 0 spiro atoms. The van der Waals surface area contributed by atoms with Gasteiger partial charge < -0.3 is 15.0 Å². The Morgan fingerprint density at radius 1 is 1.00 bits per heavy atom. The molecule has 4 saturated carbocycles. The summed E-state index contributed by atoms with van der Waals surface area (Å²) >= 11 is 0. The fourth-order valence-corrected chi connectivity index (χ4v) is 11.9. The second kappa shape index (κ2) is 10.7. The Morgan fingerprint density at radius 3 is 2.33 bits per heavy atom. The molecule has 0 heterocycles. The van der Waals surface area contributed by atoms with Crippen molar-refractivity contribution in [3.05, 3.63) is 24.0 Å². The van der Waals surface area contributed by atoms with Crippen LogP contribution in [0.5, 0.6) is 0 Å². The van der Waals surface area contributed by atoms with E-state index in [9.17, 15) is 9.59 Å². The van der Waals surface area contributed by atoms with Crippen LogP contribution in [0.4, 0.5) is 0 Å². The largest absolute Gasteiger partial charge is 0.501 e. The number of hydrogen-bond acceptors (Lipinski definition) is 4. The molecule has 0 saturated heterocycles. The van der Waals surface area contributed by atoms with Gasteiger partial charge in [-0.1, -0.05) is 66.7 Å². The minimum absolute atomic E-state index is 0.0366. The Hall–Kier alpha value is -1.62. The first-order chi connectivity index (χ1) is 19.9. The Bertz CT molecular complexity index is 1180. The van der Waals surface area contributed by atoms with Crippen molar-refractivity contribution in [3.63, 3.8) is 0 Å². The number of hydrogen-bond donors (Lipinski definition) is 1. The summed E-state index contributed by atoms with van der Waals surface area (Å²) in [5, 5.41) is 3.16. The van der Waals surface area contributed by atoms with Crippen LogP contribution in [-0.2, 0) is 14.3 Å². The first-order valence-electron chi connectivity index (χ1n) is 17.3. The maximum absolute atomic E-state index is 14.0. The molecule has 5 rings (SSSR count). The molecule has 8 atom stereocenters. The summed E-state index contributed by atoms with van der Waals surface area (Å²) in [4.78, 5) is 29.8. The number of fused-ring (bicyclic) bond motifs is 7. The van der Waals surface area contributed by atoms with E-state index in [2.05, 4.69) is 85.4 Å². The number of ether oxygens (including phenoxy) is 1. The molecule has 4 unspecified atom stereocenters. The highest BCUT2D eigenvalue weighted by Gasteiger charge is 2.70. The van der Waals surface area contributed by atoms with Crippen molar-refractivity contribution in [1.82, 2.24) is 10.2 Å². The zero-order valence-corrected chi connectivity index (χ0v) is 29.3. The Morgan fingerprint density at radius 2 is 1.67 bits per heavy atom. The van der Waals surface area contributed by atoms with E-state index in [1.807, 2.05) is 7.11 Å². The normalized spacial score (nSPS) is 43.0. The zero-order chi connectivity index (χ0) is 31.8. The predicted molar refractivity (Wildman–Crippen MR) is 175 cm³/mol. The van der Waals surface area contributed by atoms with Gasteiger partial charge >= 0.3 is 0 Å². The van der Waals surface area contributed by atoms with E-state index in [-0.39, 0.29) is 33.4 Å². The Kier molecular flexibility index (Phi) is 8.18. The van der Waals surface area contributed by atoms with E-state index in [0.29, 0.717) is 36.1 Å². The van der Waals surface area contributed by atoms with Gasteiger partial charge in [0.25, 0.3) is 0 Å². The van der Waals surface area contributed by atoms with E-state index < -0.39 is 11.3 Å². The van der Waals surface area contributed by atoms with Crippen molar-refractivity contribution in [2.24, 2.45) is 56.2 Å². The molecule has 5 aliphatic rings. The summed E-state index contributed by atoms with van der Waals surface area (Å²) < 4.78 is 5.97. The molecule has 0 aromatic carbocycles. The summed E-state index contributed by atoms with van der Waals surface area (Å²) in [5.41, 5.74) is 1.65. The fraction of sp³-hybridized carbons (Fsp3) is 0.842. The van der Waals surface area contributed by atoms with Crippen molar-refractivity contribution >= 4 is 11.7 Å². The molecule has 0 aromatic heterocycles. The lowest BCUT2D eigenvalue weighted by Crippen LogP contribution is -2.66. The minimum Gasteiger partial charge on any atom is -0.501 e. The van der Waals surface area contributed by atoms with Crippen LogP contribution < -0.4 is 5.32 Å². The number of nitrogens with one attached hydrogen (secondary N) is 1. The third kappa shape index (κ3) is 4.79. The summed E-state index contributed by atoms with van der Waals surface area (Å²) in [6.45, 7) is 22.9. The maximum atomic E-state index is 14.0. The summed E-state index contributed by atoms with van der Waals surface area (Å²) in [7, 11) is 5.92. The van der Waals surface area contributed by atoms with Crippen LogP contribution in [0.15, 0.2) is 24.0 Å². The summed E-state index contributed by atoms with van der Waals surface area (Å²) in [5.74, 6) is 1.75. The second-order valence-electron chi connectivity index (χ2n) is 17.8. The highest BCUT2D eigenvalue weighted by Crippen LogP contribution is 2.76. The molecular formula is C38H62N2O3. The quantitative estimate of drug-likeness (QED) is 0.141. The lowest BCUT2D eigenvalue weighted by molar-refractivity contribution is -0.193. The van der Waals surface area contributed by atoms with E-state index in [4.69, 9.17) is 4.74 Å². The van der Waals surface area contributed by atoms with Gasteiger partial charge in [0.05, 0.1) is 18.8 Å². The number of carbonyl (C=O) groups excluding carboxylic acids is 2. The maximum Gasteiger partial charge on any atom is 0.230 e. The van der Waals surface area contributed by atoms with E-state index >= 15 is 0 Å². The van der Waals surface area contributed by atoms with Gasteiger partial charge in [-0.15, -0.1) is 0 Å². The van der Waals surface area contributed by atoms with Gasteiger partial charge in [0.1, 0.15) is 0 Å². The number of Topliss-reactive ketones (excluding diaryl/α,β-unsaturated/α-hetero) is 1. The topological polar surface area (TPSA) is 58.6 Å². The van der Waals surface area contributed by atoms with E-state index in [1.54, 1.807) is 5.57 Å². The van der Waals surface area contributed by atoms with Gasteiger partial charge in [0.15, 0.2) is 5.78 Å². The smallest absolute Gasteiger partial charge is 0.230 e. The van der Waals surface area contributed by atoms with E-state index in [0.717, 1.165) is 57.2 Å². The monoisotopic (exact) mass is 594 g/mol. The Balaban J connectivity index is 1.51. The molecule has 0 aliphatic heterocycles. The fourth-order valence-electron chi connectivity index (χ4n) is 11.9. The molecule has 242 valence electrons. The van der Waals surface area contributed by atoms with Crippen molar-refractivity contribution in [1.29, 1.82) is 0 Å². The standard InChI is InChI=1S/C38H62N2O3/c1-25(43-11)38-19-17-33(2,3)24-28(38)27-13-14-30-35(6)23-26(32(42)39-21-12-22-40(9)10)31(41)34(4,5)29(35)15-16-37(30,8)36(27,7)18-20-38/h13,26,28-30H,1,12,14-24H2,2-11H3,(H,39,42)/t26?,28?,29?,30?,35-,36+,37+,38+/m0/s1. The van der Waals surface area contributed by atoms with Gasteiger partial charge in [-0.05, 0) is 124 Å². The molecule has 5 aliphatic carbocycles. The first-order valence-corrected chi connectivity index (χ1v) is 17.3. The molecule has 1 N–H and O–H groups in total. The number of rotatable bonds is 7. The molecule has 5 heteroatoms. The van der Waals surface area contributed by atoms with Gasteiger partial charge in [-0.2, -0.15) is 0 Å². The third-order valence-electron chi connectivity index (χ3n) is 14.6.